The van der Waals surface area contributed by atoms with Gasteiger partial charge in [0.1, 0.15) is 0 Å². The molecule has 2 amide bonds. The SMILES string of the molecule is Cc1nc2cc([C@H]3CCN(C(=O)C4CC4)C3)nn2c(C)c1CCC(=O)NC(C)(C)C. The molecule has 7 heteroatoms. The number of nitrogens with one attached hydrogen (secondary N) is 1. The lowest BCUT2D eigenvalue weighted by atomic mass is 10.0. The Bertz CT molecular complexity index is 984. The molecule has 7 nitrogen and oxygen atoms in total. The van der Waals surface area contributed by atoms with Gasteiger partial charge in [-0.15, -0.1) is 0 Å². The number of carbonyl (C=O) groups is 2. The van der Waals surface area contributed by atoms with Crippen molar-refractivity contribution in [3.05, 3.63) is 28.7 Å². The van der Waals surface area contributed by atoms with Crippen LogP contribution in [0.4, 0.5) is 0 Å². The molecule has 1 saturated carbocycles. The van der Waals surface area contributed by atoms with Crippen molar-refractivity contribution < 1.29 is 9.59 Å². The Morgan fingerprint density at radius 1 is 1.20 bits per heavy atom. The van der Waals surface area contributed by atoms with Gasteiger partial charge in [0.25, 0.3) is 0 Å². The van der Waals surface area contributed by atoms with Gasteiger partial charge >= 0.3 is 0 Å². The Balaban J connectivity index is 1.50. The maximum Gasteiger partial charge on any atom is 0.225 e. The molecule has 1 aliphatic heterocycles. The van der Waals surface area contributed by atoms with Gasteiger partial charge in [0, 0.05) is 54.3 Å². The largest absolute Gasteiger partial charge is 0.351 e. The molecule has 0 bridgehead atoms. The number of carbonyl (C=O) groups excluding carboxylic acids is 2. The molecule has 0 radical (unpaired) electrons. The highest BCUT2D eigenvalue weighted by atomic mass is 16.2. The van der Waals surface area contributed by atoms with E-state index in [1.54, 1.807) is 0 Å². The van der Waals surface area contributed by atoms with E-state index in [2.05, 4.69) is 11.4 Å². The van der Waals surface area contributed by atoms with E-state index in [-0.39, 0.29) is 23.3 Å². The zero-order chi connectivity index (χ0) is 21.6. The summed E-state index contributed by atoms with van der Waals surface area (Å²) in [6, 6.07) is 2.06. The highest BCUT2D eigenvalue weighted by Crippen LogP contribution is 2.35. The number of nitrogens with zero attached hydrogens (tertiary/aromatic N) is 4. The van der Waals surface area contributed by atoms with Crippen molar-refractivity contribution in [2.24, 2.45) is 5.92 Å². The third-order valence-corrected chi connectivity index (χ3v) is 6.14. The smallest absolute Gasteiger partial charge is 0.225 e. The maximum atomic E-state index is 12.4. The average molecular weight is 412 g/mol. The van der Waals surface area contributed by atoms with Gasteiger partial charge in [0.15, 0.2) is 5.65 Å². The van der Waals surface area contributed by atoms with Gasteiger partial charge in [-0.25, -0.2) is 9.50 Å². The zero-order valence-corrected chi connectivity index (χ0v) is 18.8. The summed E-state index contributed by atoms with van der Waals surface area (Å²) in [5.41, 5.74) is 4.70. The van der Waals surface area contributed by atoms with E-state index >= 15 is 0 Å². The second-order valence-electron chi connectivity index (χ2n) is 9.94. The Morgan fingerprint density at radius 2 is 1.93 bits per heavy atom. The summed E-state index contributed by atoms with van der Waals surface area (Å²) in [5.74, 6) is 0.917. The topological polar surface area (TPSA) is 79.6 Å². The van der Waals surface area contributed by atoms with Gasteiger partial charge in [0.05, 0.1) is 5.69 Å². The molecular formula is C23H33N5O2. The number of amides is 2. The summed E-state index contributed by atoms with van der Waals surface area (Å²) < 4.78 is 1.91. The van der Waals surface area contributed by atoms with Gasteiger partial charge in [-0.2, -0.15) is 5.10 Å². The zero-order valence-electron chi connectivity index (χ0n) is 18.8. The summed E-state index contributed by atoms with van der Waals surface area (Å²) in [6.45, 7) is 11.6. The van der Waals surface area contributed by atoms with Crippen LogP contribution in [0.5, 0.6) is 0 Å². The normalized spacial score (nSPS) is 19.5. The summed E-state index contributed by atoms with van der Waals surface area (Å²) in [7, 11) is 0. The second-order valence-corrected chi connectivity index (χ2v) is 9.94. The summed E-state index contributed by atoms with van der Waals surface area (Å²) in [5, 5.41) is 7.87. The molecule has 162 valence electrons. The van der Waals surface area contributed by atoms with Gasteiger partial charge in [-0.05, 0) is 65.9 Å². The number of hydrogen-bond donors (Lipinski definition) is 1. The fourth-order valence-electron chi connectivity index (χ4n) is 4.42. The molecule has 0 unspecified atom stereocenters. The fraction of sp³-hybridized carbons (Fsp3) is 0.652. The molecule has 4 rings (SSSR count). The van der Waals surface area contributed by atoms with Crippen molar-refractivity contribution in [2.45, 2.75) is 78.2 Å². The number of hydrogen-bond acceptors (Lipinski definition) is 4. The molecule has 1 saturated heterocycles. The lowest BCUT2D eigenvalue weighted by Gasteiger charge is -2.20. The first-order valence-electron chi connectivity index (χ1n) is 11.1. The Hall–Kier alpha value is -2.44. The van der Waals surface area contributed by atoms with Crippen molar-refractivity contribution >= 4 is 17.5 Å². The number of aryl methyl sites for hydroxylation is 2. The first-order valence-corrected chi connectivity index (χ1v) is 11.1. The first-order chi connectivity index (χ1) is 14.1. The van der Waals surface area contributed by atoms with Crippen molar-refractivity contribution in [1.29, 1.82) is 0 Å². The van der Waals surface area contributed by atoms with Crippen molar-refractivity contribution in [3.8, 4) is 0 Å². The third kappa shape index (κ3) is 4.35. The van der Waals surface area contributed by atoms with E-state index in [4.69, 9.17) is 10.1 Å². The second kappa shape index (κ2) is 7.67. The number of aromatic nitrogens is 3. The maximum absolute atomic E-state index is 12.4. The lowest BCUT2D eigenvalue weighted by molar-refractivity contribution is -0.131. The fourth-order valence-corrected chi connectivity index (χ4v) is 4.42. The average Bonchev–Trinajstić information content (AvgIpc) is 3.21. The van der Waals surface area contributed by atoms with Crippen molar-refractivity contribution in [1.82, 2.24) is 24.8 Å². The van der Waals surface area contributed by atoms with Crippen LogP contribution in [0, 0.1) is 19.8 Å². The predicted molar refractivity (Wildman–Crippen MR) is 115 cm³/mol. The van der Waals surface area contributed by atoms with E-state index in [0.717, 1.165) is 60.6 Å². The molecule has 2 aromatic heterocycles. The van der Waals surface area contributed by atoms with Crippen LogP contribution in [-0.2, 0) is 16.0 Å². The molecule has 1 aliphatic carbocycles. The minimum atomic E-state index is -0.226. The summed E-state index contributed by atoms with van der Waals surface area (Å²) in [4.78, 5) is 31.4. The molecule has 2 aliphatic rings. The standard InChI is InChI=1S/C23H33N5O2/c1-14-18(8-9-21(29)25-23(3,4)5)15(2)28-20(24-14)12-19(26-28)17-10-11-27(13-17)22(30)16-6-7-16/h12,16-17H,6-11,13H2,1-5H3,(H,25,29)/t17-/m0/s1. The minimum absolute atomic E-state index is 0.0499. The van der Waals surface area contributed by atoms with E-state index in [1.165, 1.54) is 0 Å². The molecule has 1 atom stereocenters. The predicted octanol–water partition coefficient (Wildman–Crippen LogP) is 2.92. The third-order valence-electron chi connectivity index (χ3n) is 6.14. The van der Waals surface area contributed by atoms with Gasteiger partial charge in [0.2, 0.25) is 11.8 Å². The summed E-state index contributed by atoms with van der Waals surface area (Å²) in [6.07, 6.45) is 4.13. The lowest BCUT2D eigenvalue weighted by Crippen LogP contribution is -2.40. The summed E-state index contributed by atoms with van der Waals surface area (Å²) >= 11 is 0. The van der Waals surface area contributed by atoms with Crippen LogP contribution in [0.2, 0.25) is 0 Å². The number of fused-ring (bicyclic) bond motifs is 1. The van der Waals surface area contributed by atoms with Crippen LogP contribution in [0.15, 0.2) is 6.07 Å². The molecule has 3 heterocycles. The Kier molecular flexibility index (Phi) is 5.32. The molecular weight excluding hydrogens is 378 g/mol. The van der Waals surface area contributed by atoms with Crippen LogP contribution in [-0.4, -0.2) is 49.9 Å². The minimum Gasteiger partial charge on any atom is -0.351 e. The number of rotatable bonds is 5. The van der Waals surface area contributed by atoms with Crippen molar-refractivity contribution in [3.63, 3.8) is 0 Å². The van der Waals surface area contributed by atoms with Crippen LogP contribution < -0.4 is 5.32 Å². The molecule has 2 aromatic rings. The first kappa shape index (κ1) is 20.8. The Labute approximate surface area is 178 Å². The highest BCUT2D eigenvalue weighted by Gasteiger charge is 2.37. The monoisotopic (exact) mass is 411 g/mol. The quantitative estimate of drug-likeness (QED) is 0.820. The molecule has 2 fully saturated rings. The van der Waals surface area contributed by atoms with Gasteiger partial charge < -0.3 is 10.2 Å². The van der Waals surface area contributed by atoms with E-state index in [0.29, 0.717) is 18.7 Å². The number of likely N-dealkylation sites (tertiary alicyclic amines) is 1. The van der Waals surface area contributed by atoms with Crippen LogP contribution in [0.25, 0.3) is 5.65 Å². The van der Waals surface area contributed by atoms with E-state index in [1.807, 2.05) is 44.0 Å². The van der Waals surface area contributed by atoms with Crippen LogP contribution in [0.3, 0.4) is 0 Å². The highest BCUT2D eigenvalue weighted by molar-refractivity contribution is 5.81. The van der Waals surface area contributed by atoms with Gasteiger partial charge in [-0.3, -0.25) is 9.59 Å². The molecule has 0 aromatic carbocycles. The molecule has 0 spiro atoms. The van der Waals surface area contributed by atoms with Crippen LogP contribution in [0.1, 0.15) is 75.0 Å². The van der Waals surface area contributed by atoms with Crippen LogP contribution >= 0.6 is 0 Å². The Morgan fingerprint density at radius 3 is 2.60 bits per heavy atom. The molecule has 30 heavy (non-hydrogen) atoms. The molecule has 1 N–H and O–H groups in total. The van der Waals surface area contributed by atoms with E-state index < -0.39 is 0 Å². The van der Waals surface area contributed by atoms with Gasteiger partial charge in [-0.1, -0.05) is 0 Å². The van der Waals surface area contributed by atoms with Crippen molar-refractivity contribution in [2.75, 3.05) is 13.1 Å². The van der Waals surface area contributed by atoms with E-state index in [9.17, 15) is 9.59 Å².